The van der Waals surface area contributed by atoms with Gasteiger partial charge in [-0.2, -0.15) is 0 Å². The van der Waals surface area contributed by atoms with Crippen LogP contribution in [-0.2, 0) is 5.66 Å². The summed E-state index contributed by atoms with van der Waals surface area (Å²) in [4.78, 5) is 14.9. The van der Waals surface area contributed by atoms with Gasteiger partial charge in [-0.1, -0.05) is 40.2 Å². The molecule has 1 atom stereocenters. The Balaban J connectivity index is 2.16. The second kappa shape index (κ2) is 5.43. The highest BCUT2D eigenvalue weighted by Crippen LogP contribution is 2.39. The second-order valence-electron chi connectivity index (χ2n) is 6.02. The minimum atomic E-state index is -0.569. The summed E-state index contributed by atoms with van der Waals surface area (Å²) < 4.78 is 1.03. The van der Waals surface area contributed by atoms with E-state index in [1.165, 1.54) is 0 Å². The zero-order valence-electron chi connectivity index (χ0n) is 12.9. The third-order valence-corrected chi connectivity index (χ3v) is 4.69. The normalized spacial score (nSPS) is 20.8. The van der Waals surface area contributed by atoms with Gasteiger partial charge in [0.2, 0.25) is 0 Å². The van der Waals surface area contributed by atoms with Crippen LogP contribution in [0.15, 0.2) is 53.0 Å². The van der Waals surface area contributed by atoms with Crippen molar-refractivity contribution < 1.29 is 4.79 Å². The maximum atomic E-state index is 13.0. The number of hydrogen-bond acceptors (Lipinski definition) is 2. The maximum absolute atomic E-state index is 13.0. The van der Waals surface area contributed by atoms with Gasteiger partial charge in [-0.3, -0.25) is 4.79 Å². The van der Waals surface area contributed by atoms with Crippen LogP contribution in [-0.4, -0.2) is 16.8 Å². The highest BCUT2D eigenvalue weighted by molar-refractivity contribution is 9.10. The molecular formula is C18H19BrN2O. The van der Waals surface area contributed by atoms with E-state index >= 15 is 0 Å². The molecule has 0 saturated carbocycles. The van der Waals surface area contributed by atoms with Crippen LogP contribution < -0.4 is 5.32 Å². The van der Waals surface area contributed by atoms with E-state index in [-0.39, 0.29) is 11.9 Å². The Bertz CT molecular complexity index is 711. The van der Waals surface area contributed by atoms with Crippen molar-refractivity contribution in [1.82, 2.24) is 4.90 Å². The van der Waals surface area contributed by atoms with E-state index in [0.29, 0.717) is 0 Å². The van der Waals surface area contributed by atoms with Gasteiger partial charge in [-0.25, -0.2) is 0 Å². The Morgan fingerprint density at radius 3 is 2.36 bits per heavy atom. The van der Waals surface area contributed by atoms with Gasteiger partial charge in [0.25, 0.3) is 5.91 Å². The molecular weight excluding hydrogens is 340 g/mol. The van der Waals surface area contributed by atoms with Crippen molar-refractivity contribution >= 4 is 27.5 Å². The van der Waals surface area contributed by atoms with Gasteiger partial charge in [-0.05, 0) is 50.6 Å². The minimum absolute atomic E-state index is 0.0646. The van der Waals surface area contributed by atoms with Gasteiger partial charge in [-0.15, -0.1) is 0 Å². The molecule has 1 heterocycles. The molecule has 2 aromatic rings. The number of nitrogens with zero attached hydrogens (tertiary/aromatic N) is 1. The van der Waals surface area contributed by atoms with E-state index in [1.807, 2.05) is 67.3 Å². The van der Waals surface area contributed by atoms with E-state index < -0.39 is 5.66 Å². The molecule has 0 aliphatic carbocycles. The second-order valence-corrected chi connectivity index (χ2v) is 6.93. The van der Waals surface area contributed by atoms with Crippen LogP contribution in [0.3, 0.4) is 0 Å². The minimum Gasteiger partial charge on any atom is -0.358 e. The van der Waals surface area contributed by atoms with Gasteiger partial charge in [0, 0.05) is 16.2 Å². The molecule has 1 amide bonds. The molecule has 0 aromatic heterocycles. The first kappa shape index (κ1) is 15.1. The van der Waals surface area contributed by atoms with Crippen LogP contribution >= 0.6 is 15.9 Å². The lowest BCUT2D eigenvalue weighted by Crippen LogP contribution is -2.58. The first-order valence-electron chi connectivity index (χ1n) is 7.40. The molecule has 3 nitrogen and oxygen atoms in total. The largest absolute Gasteiger partial charge is 0.358 e. The molecule has 1 unspecified atom stereocenters. The van der Waals surface area contributed by atoms with E-state index in [0.717, 1.165) is 21.3 Å². The molecule has 1 aliphatic rings. The Morgan fingerprint density at radius 1 is 1.09 bits per heavy atom. The Morgan fingerprint density at radius 2 is 1.73 bits per heavy atom. The summed E-state index contributed by atoms with van der Waals surface area (Å²) in [5.74, 6) is 0.0646. The molecule has 0 fully saturated rings. The number of para-hydroxylation sites is 1. The lowest BCUT2D eigenvalue weighted by molar-refractivity contribution is 0.0434. The standard InChI is InChI=1S/C18H19BrN2O/c1-12(2)21-17(22)15-6-4-5-7-16(15)20-18(21,3)13-8-10-14(19)11-9-13/h4-12,20H,1-3H3. The smallest absolute Gasteiger partial charge is 0.258 e. The van der Waals surface area contributed by atoms with Crippen LogP contribution in [0.5, 0.6) is 0 Å². The average Bonchev–Trinajstić information content (AvgIpc) is 2.47. The highest BCUT2D eigenvalue weighted by atomic mass is 79.9. The van der Waals surface area contributed by atoms with E-state index in [1.54, 1.807) is 0 Å². The van der Waals surface area contributed by atoms with Gasteiger partial charge in [0.1, 0.15) is 5.66 Å². The molecule has 114 valence electrons. The van der Waals surface area contributed by atoms with Crippen LogP contribution in [0.1, 0.15) is 36.7 Å². The number of hydrogen-bond donors (Lipinski definition) is 1. The quantitative estimate of drug-likeness (QED) is 0.850. The molecule has 3 rings (SSSR count). The lowest BCUT2D eigenvalue weighted by atomic mass is 9.92. The van der Waals surface area contributed by atoms with Crippen molar-refractivity contribution in [1.29, 1.82) is 0 Å². The number of nitrogens with one attached hydrogen (secondary N) is 1. The fourth-order valence-electron chi connectivity index (χ4n) is 3.17. The SMILES string of the molecule is CC(C)N1C(=O)c2ccccc2NC1(C)c1ccc(Br)cc1. The highest BCUT2D eigenvalue weighted by Gasteiger charge is 2.43. The predicted octanol–water partition coefficient (Wildman–Crippen LogP) is 4.60. The fraction of sp³-hybridized carbons (Fsp3) is 0.278. The summed E-state index contributed by atoms with van der Waals surface area (Å²) in [5.41, 5.74) is 2.10. The van der Waals surface area contributed by atoms with Crippen molar-refractivity contribution in [2.75, 3.05) is 5.32 Å². The van der Waals surface area contributed by atoms with Gasteiger partial charge in [0.05, 0.1) is 5.56 Å². The molecule has 0 bridgehead atoms. The first-order chi connectivity index (χ1) is 10.4. The molecule has 0 radical (unpaired) electrons. The molecule has 1 aliphatic heterocycles. The summed E-state index contributed by atoms with van der Waals surface area (Å²) in [6, 6.07) is 15.9. The zero-order valence-corrected chi connectivity index (χ0v) is 14.5. The molecule has 0 saturated heterocycles. The van der Waals surface area contributed by atoms with Crippen LogP contribution in [0.2, 0.25) is 0 Å². The Labute approximate surface area is 139 Å². The topological polar surface area (TPSA) is 32.3 Å². The predicted molar refractivity (Wildman–Crippen MR) is 92.9 cm³/mol. The van der Waals surface area contributed by atoms with Crippen molar-refractivity contribution in [2.24, 2.45) is 0 Å². The number of fused-ring (bicyclic) bond motifs is 1. The molecule has 2 aromatic carbocycles. The summed E-state index contributed by atoms with van der Waals surface area (Å²) in [6.45, 7) is 6.15. The van der Waals surface area contributed by atoms with Crippen molar-refractivity contribution in [3.05, 3.63) is 64.1 Å². The number of benzene rings is 2. The van der Waals surface area contributed by atoms with Gasteiger partial charge in [0.15, 0.2) is 0 Å². The first-order valence-corrected chi connectivity index (χ1v) is 8.19. The molecule has 4 heteroatoms. The van der Waals surface area contributed by atoms with Crippen LogP contribution in [0.4, 0.5) is 5.69 Å². The summed E-state index contributed by atoms with van der Waals surface area (Å²) >= 11 is 3.47. The monoisotopic (exact) mass is 358 g/mol. The molecule has 22 heavy (non-hydrogen) atoms. The van der Waals surface area contributed by atoms with Gasteiger partial charge < -0.3 is 10.2 Å². The number of carbonyl (C=O) groups excluding carboxylic acids is 1. The third kappa shape index (κ3) is 2.31. The lowest BCUT2D eigenvalue weighted by Gasteiger charge is -2.48. The van der Waals surface area contributed by atoms with Crippen LogP contribution in [0, 0.1) is 0 Å². The number of anilines is 1. The average molecular weight is 359 g/mol. The van der Waals surface area contributed by atoms with E-state index in [2.05, 4.69) is 28.2 Å². The Kier molecular flexibility index (Phi) is 3.73. The van der Waals surface area contributed by atoms with Gasteiger partial charge >= 0.3 is 0 Å². The van der Waals surface area contributed by atoms with Crippen molar-refractivity contribution in [3.63, 3.8) is 0 Å². The van der Waals surface area contributed by atoms with Crippen molar-refractivity contribution in [2.45, 2.75) is 32.5 Å². The number of halogens is 1. The van der Waals surface area contributed by atoms with Crippen LogP contribution in [0.25, 0.3) is 0 Å². The zero-order chi connectivity index (χ0) is 15.9. The molecule has 1 N–H and O–H groups in total. The molecule has 0 spiro atoms. The number of rotatable bonds is 2. The summed E-state index contributed by atoms with van der Waals surface area (Å²) in [7, 11) is 0. The summed E-state index contributed by atoms with van der Waals surface area (Å²) in [5, 5.41) is 3.56. The van der Waals surface area contributed by atoms with E-state index in [9.17, 15) is 4.79 Å². The van der Waals surface area contributed by atoms with E-state index in [4.69, 9.17) is 0 Å². The fourth-order valence-corrected chi connectivity index (χ4v) is 3.43. The summed E-state index contributed by atoms with van der Waals surface area (Å²) in [6.07, 6.45) is 0. The number of amides is 1. The number of carbonyl (C=O) groups is 1. The van der Waals surface area contributed by atoms with Crippen molar-refractivity contribution in [3.8, 4) is 0 Å². The Hall–Kier alpha value is -1.81. The third-order valence-electron chi connectivity index (χ3n) is 4.16. The maximum Gasteiger partial charge on any atom is 0.258 e.